The van der Waals surface area contributed by atoms with Gasteiger partial charge in [-0.15, -0.1) is 0 Å². The molecule has 0 radical (unpaired) electrons. The molecular weight excluding hydrogens is 304 g/mol. The summed E-state index contributed by atoms with van der Waals surface area (Å²) in [5.41, 5.74) is 2.28. The monoisotopic (exact) mass is 326 g/mol. The molecule has 1 heterocycles. The van der Waals surface area contributed by atoms with Crippen molar-refractivity contribution in [1.29, 1.82) is 0 Å². The first-order valence-electron chi connectivity index (χ1n) is 8.05. The van der Waals surface area contributed by atoms with Gasteiger partial charge in [0.05, 0.1) is 6.54 Å². The number of carbonyl (C=O) groups is 1. The van der Waals surface area contributed by atoms with Gasteiger partial charge in [0.15, 0.2) is 17.6 Å². The van der Waals surface area contributed by atoms with E-state index in [-0.39, 0.29) is 12.1 Å². The lowest BCUT2D eigenvalue weighted by molar-refractivity contribution is 0.0715. The summed E-state index contributed by atoms with van der Waals surface area (Å²) in [6, 6.07) is 15.6. The van der Waals surface area contributed by atoms with Crippen LogP contribution in [-0.2, 0) is 6.54 Å². The number of nitrogens with zero attached hydrogens (tertiary/aromatic N) is 1. The third-order valence-electron chi connectivity index (χ3n) is 3.96. The Morgan fingerprint density at radius 1 is 1.17 bits per heavy atom. The normalized spacial score (nSPS) is 15.7. The van der Waals surface area contributed by atoms with Crippen LogP contribution in [0.2, 0.25) is 0 Å². The van der Waals surface area contributed by atoms with Crippen molar-refractivity contribution in [3.63, 3.8) is 0 Å². The molecule has 2 aromatic carbocycles. The van der Waals surface area contributed by atoms with E-state index >= 15 is 0 Å². The number of carbonyl (C=O) groups excluding carboxylic acids is 1. The van der Waals surface area contributed by atoms with Crippen LogP contribution in [0.4, 0.5) is 4.79 Å². The van der Waals surface area contributed by atoms with Gasteiger partial charge in [0, 0.05) is 13.6 Å². The highest BCUT2D eigenvalue weighted by Crippen LogP contribution is 2.30. The van der Waals surface area contributed by atoms with Crippen LogP contribution in [0.3, 0.4) is 0 Å². The Bertz CT molecular complexity index is 700. The van der Waals surface area contributed by atoms with Crippen LogP contribution in [0.1, 0.15) is 11.1 Å². The second-order valence-corrected chi connectivity index (χ2v) is 6.02. The zero-order chi connectivity index (χ0) is 16.9. The SMILES string of the molecule is Cc1ccc(CNC(=O)N(C)C[C@@H]2COc3ccccc3O2)cc1. The molecule has 126 valence electrons. The average molecular weight is 326 g/mol. The molecule has 1 N–H and O–H groups in total. The van der Waals surface area contributed by atoms with Crippen molar-refractivity contribution < 1.29 is 14.3 Å². The molecule has 0 unspecified atom stereocenters. The number of para-hydroxylation sites is 2. The number of rotatable bonds is 4. The highest BCUT2D eigenvalue weighted by molar-refractivity contribution is 5.73. The van der Waals surface area contributed by atoms with Crippen molar-refractivity contribution in [2.75, 3.05) is 20.2 Å². The van der Waals surface area contributed by atoms with E-state index in [1.54, 1.807) is 11.9 Å². The number of benzene rings is 2. The van der Waals surface area contributed by atoms with Gasteiger partial charge in [0.25, 0.3) is 0 Å². The molecule has 5 heteroatoms. The largest absolute Gasteiger partial charge is 0.486 e. The Kier molecular flexibility index (Phi) is 4.89. The van der Waals surface area contributed by atoms with Crippen LogP contribution in [0.15, 0.2) is 48.5 Å². The van der Waals surface area contributed by atoms with Crippen molar-refractivity contribution in [1.82, 2.24) is 10.2 Å². The minimum absolute atomic E-state index is 0.127. The Balaban J connectivity index is 1.49. The molecule has 24 heavy (non-hydrogen) atoms. The minimum Gasteiger partial charge on any atom is -0.486 e. The Morgan fingerprint density at radius 2 is 1.88 bits per heavy atom. The Morgan fingerprint density at radius 3 is 2.62 bits per heavy atom. The van der Waals surface area contributed by atoms with E-state index in [0.29, 0.717) is 19.7 Å². The van der Waals surface area contributed by atoms with Gasteiger partial charge in [0.2, 0.25) is 0 Å². The zero-order valence-electron chi connectivity index (χ0n) is 14.0. The summed E-state index contributed by atoms with van der Waals surface area (Å²) in [6.07, 6.45) is -0.171. The van der Waals surface area contributed by atoms with Gasteiger partial charge in [-0.25, -0.2) is 4.79 Å². The average Bonchev–Trinajstić information content (AvgIpc) is 2.61. The van der Waals surface area contributed by atoms with Gasteiger partial charge >= 0.3 is 6.03 Å². The number of amides is 2. The number of hydrogen-bond donors (Lipinski definition) is 1. The molecule has 3 rings (SSSR count). The minimum atomic E-state index is -0.171. The highest BCUT2D eigenvalue weighted by atomic mass is 16.6. The summed E-state index contributed by atoms with van der Waals surface area (Å²) in [5.74, 6) is 1.47. The second-order valence-electron chi connectivity index (χ2n) is 6.02. The molecule has 2 aromatic rings. The van der Waals surface area contributed by atoms with Gasteiger partial charge < -0.3 is 19.7 Å². The van der Waals surface area contributed by atoms with Crippen molar-refractivity contribution in [2.24, 2.45) is 0 Å². The van der Waals surface area contributed by atoms with E-state index in [1.807, 2.05) is 55.5 Å². The Hall–Kier alpha value is -2.69. The van der Waals surface area contributed by atoms with E-state index in [1.165, 1.54) is 5.56 Å². The molecule has 0 bridgehead atoms. The summed E-state index contributed by atoms with van der Waals surface area (Å²) in [6.45, 7) is 3.45. The summed E-state index contributed by atoms with van der Waals surface area (Å²) >= 11 is 0. The molecule has 5 nitrogen and oxygen atoms in total. The van der Waals surface area contributed by atoms with Crippen molar-refractivity contribution in [3.05, 3.63) is 59.7 Å². The molecule has 0 saturated carbocycles. The van der Waals surface area contributed by atoms with Crippen LogP contribution in [0.5, 0.6) is 11.5 Å². The number of likely N-dealkylation sites (N-methyl/N-ethyl adjacent to an activating group) is 1. The molecule has 0 saturated heterocycles. The fraction of sp³-hybridized carbons (Fsp3) is 0.316. The van der Waals surface area contributed by atoms with E-state index < -0.39 is 0 Å². The number of ether oxygens (including phenoxy) is 2. The van der Waals surface area contributed by atoms with Gasteiger partial charge in [-0.1, -0.05) is 42.0 Å². The number of hydrogen-bond acceptors (Lipinski definition) is 3. The first-order chi connectivity index (χ1) is 11.6. The maximum atomic E-state index is 12.2. The molecule has 2 amide bonds. The maximum Gasteiger partial charge on any atom is 0.317 e. The van der Waals surface area contributed by atoms with Crippen LogP contribution < -0.4 is 14.8 Å². The van der Waals surface area contributed by atoms with Crippen molar-refractivity contribution in [2.45, 2.75) is 19.6 Å². The van der Waals surface area contributed by atoms with Crippen LogP contribution in [0.25, 0.3) is 0 Å². The van der Waals surface area contributed by atoms with Gasteiger partial charge in [-0.3, -0.25) is 0 Å². The molecule has 1 aliphatic rings. The molecule has 0 aliphatic carbocycles. The summed E-state index contributed by atoms with van der Waals surface area (Å²) < 4.78 is 11.6. The number of fused-ring (bicyclic) bond motifs is 1. The molecule has 1 atom stereocenters. The molecule has 0 fully saturated rings. The molecular formula is C19H22N2O3. The fourth-order valence-electron chi connectivity index (χ4n) is 2.56. The highest BCUT2D eigenvalue weighted by Gasteiger charge is 2.23. The summed E-state index contributed by atoms with van der Waals surface area (Å²) in [7, 11) is 1.76. The number of nitrogens with one attached hydrogen (secondary N) is 1. The van der Waals surface area contributed by atoms with Crippen LogP contribution in [-0.4, -0.2) is 37.2 Å². The number of urea groups is 1. The lowest BCUT2D eigenvalue weighted by atomic mass is 10.1. The van der Waals surface area contributed by atoms with Crippen LogP contribution in [0, 0.1) is 6.92 Å². The van der Waals surface area contributed by atoms with E-state index in [4.69, 9.17) is 9.47 Å². The lowest BCUT2D eigenvalue weighted by Gasteiger charge is -2.29. The number of aryl methyl sites for hydroxylation is 1. The first kappa shape index (κ1) is 16.2. The van der Waals surface area contributed by atoms with E-state index in [2.05, 4.69) is 5.32 Å². The van der Waals surface area contributed by atoms with Gasteiger partial charge in [0.1, 0.15) is 6.61 Å². The predicted octanol–water partition coefficient (Wildman–Crippen LogP) is 2.98. The third-order valence-corrected chi connectivity index (χ3v) is 3.96. The topological polar surface area (TPSA) is 50.8 Å². The van der Waals surface area contributed by atoms with E-state index in [0.717, 1.165) is 17.1 Å². The smallest absolute Gasteiger partial charge is 0.317 e. The molecule has 1 aliphatic heterocycles. The Labute approximate surface area is 142 Å². The van der Waals surface area contributed by atoms with Crippen molar-refractivity contribution in [3.8, 4) is 11.5 Å². The second kappa shape index (κ2) is 7.25. The fourth-order valence-corrected chi connectivity index (χ4v) is 2.56. The third kappa shape index (κ3) is 3.98. The molecule has 0 spiro atoms. The maximum absolute atomic E-state index is 12.2. The van der Waals surface area contributed by atoms with Gasteiger partial charge in [-0.2, -0.15) is 0 Å². The summed E-state index contributed by atoms with van der Waals surface area (Å²) in [5, 5.41) is 2.92. The zero-order valence-corrected chi connectivity index (χ0v) is 14.0. The van der Waals surface area contributed by atoms with Crippen LogP contribution >= 0.6 is 0 Å². The van der Waals surface area contributed by atoms with E-state index in [9.17, 15) is 4.79 Å². The standard InChI is InChI=1S/C19H22N2O3/c1-14-7-9-15(10-8-14)11-20-19(22)21(2)12-16-13-23-17-5-3-4-6-18(17)24-16/h3-10,16H,11-13H2,1-2H3,(H,20,22)/t16-/m1/s1. The lowest BCUT2D eigenvalue weighted by Crippen LogP contribution is -2.45. The van der Waals surface area contributed by atoms with Crippen molar-refractivity contribution >= 4 is 6.03 Å². The quantitative estimate of drug-likeness (QED) is 0.940. The van der Waals surface area contributed by atoms with Gasteiger partial charge in [-0.05, 0) is 24.6 Å². The molecule has 0 aromatic heterocycles. The predicted molar refractivity (Wildman–Crippen MR) is 92.4 cm³/mol. The summed E-state index contributed by atoms with van der Waals surface area (Å²) in [4.78, 5) is 13.8. The first-order valence-corrected chi connectivity index (χ1v) is 8.05.